The van der Waals surface area contributed by atoms with E-state index in [2.05, 4.69) is 42.3 Å². The Kier molecular flexibility index (Phi) is 4.90. The van der Waals surface area contributed by atoms with Gasteiger partial charge >= 0.3 is 11.9 Å². The van der Waals surface area contributed by atoms with E-state index in [1.54, 1.807) is 7.11 Å². The molecule has 3 rings (SSSR count). The molecule has 0 saturated heterocycles. The fourth-order valence-electron chi connectivity index (χ4n) is 2.83. The lowest BCUT2D eigenvalue weighted by Crippen LogP contribution is -2.34. The number of aromatic amines is 1. The van der Waals surface area contributed by atoms with Gasteiger partial charge in [-0.2, -0.15) is 0 Å². The average molecular weight is 320 g/mol. The van der Waals surface area contributed by atoms with E-state index in [9.17, 15) is 0 Å². The fraction of sp³-hybridized carbons (Fsp3) is 0.375. The predicted molar refractivity (Wildman–Crippen MR) is 85.0 cm³/mol. The number of H-pyrrole nitrogens is 1. The van der Waals surface area contributed by atoms with Crippen molar-refractivity contribution in [2.75, 3.05) is 21.2 Å². The second-order valence-corrected chi connectivity index (χ2v) is 5.62. The van der Waals surface area contributed by atoms with Crippen LogP contribution < -0.4 is 4.74 Å². The van der Waals surface area contributed by atoms with Crippen LogP contribution in [0.4, 0.5) is 0 Å². The molecule has 2 aromatic rings. The molecule has 0 amide bonds. The molecule has 0 bridgehead atoms. The summed E-state index contributed by atoms with van der Waals surface area (Å²) in [7, 11) is 6.05. The van der Waals surface area contributed by atoms with Crippen LogP contribution in [0.1, 0.15) is 11.1 Å². The van der Waals surface area contributed by atoms with Crippen LogP contribution in [-0.2, 0) is 22.4 Å². The molecule has 7 nitrogen and oxygen atoms in total. The van der Waals surface area contributed by atoms with Gasteiger partial charge in [0.2, 0.25) is 0 Å². The summed E-state index contributed by atoms with van der Waals surface area (Å²) in [5.41, 5.74) is 4.00. The monoisotopic (exact) mass is 320 g/mol. The summed E-state index contributed by atoms with van der Waals surface area (Å²) < 4.78 is 5.50. The second-order valence-electron chi connectivity index (χ2n) is 5.62. The molecule has 0 radical (unpaired) electrons. The van der Waals surface area contributed by atoms with Crippen LogP contribution in [0.15, 0.2) is 18.3 Å². The highest BCUT2D eigenvalue weighted by Gasteiger charge is 2.25. The molecule has 1 unspecified atom stereocenters. The minimum absolute atomic E-state index is 0.567. The number of likely N-dealkylation sites (N-methyl/N-ethyl adjacent to an activating group) is 1. The number of aromatic nitrogens is 1. The lowest BCUT2D eigenvalue weighted by Gasteiger charge is -2.29. The number of carbonyl (C=O) groups is 2. The van der Waals surface area contributed by atoms with Crippen molar-refractivity contribution in [1.29, 1.82) is 0 Å². The number of aliphatic carboxylic acids is 2. The minimum atomic E-state index is -1.82. The van der Waals surface area contributed by atoms with Crippen LogP contribution in [-0.4, -0.2) is 59.3 Å². The number of ether oxygens (including phenoxy) is 1. The zero-order valence-electron chi connectivity index (χ0n) is 13.3. The molecule has 0 spiro atoms. The van der Waals surface area contributed by atoms with Gasteiger partial charge < -0.3 is 24.8 Å². The van der Waals surface area contributed by atoms with Crippen molar-refractivity contribution in [1.82, 2.24) is 9.88 Å². The lowest BCUT2D eigenvalue weighted by molar-refractivity contribution is -0.159. The first kappa shape index (κ1) is 16.8. The van der Waals surface area contributed by atoms with Crippen molar-refractivity contribution in [3.63, 3.8) is 0 Å². The third kappa shape index (κ3) is 3.45. The number of hydrogen-bond acceptors (Lipinski definition) is 4. The molecule has 1 aromatic carbocycles. The number of hydrogen-bond donors (Lipinski definition) is 3. The first-order valence-electron chi connectivity index (χ1n) is 7.13. The van der Waals surface area contributed by atoms with Crippen LogP contribution in [0.2, 0.25) is 0 Å². The van der Waals surface area contributed by atoms with E-state index in [0.29, 0.717) is 6.04 Å². The largest absolute Gasteiger partial charge is 0.496 e. The van der Waals surface area contributed by atoms with E-state index in [1.807, 2.05) is 0 Å². The molecule has 124 valence electrons. The van der Waals surface area contributed by atoms with Crippen LogP contribution in [0, 0.1) is 0 Å². The predicted octanol–water partition coefficient (Wildman–Crippen LogP) is 1.36. The Hall–Kier alpha value is -2.54. The molecule has 0 aliphatic heterocycles. The topological polar surface area (TPSA) is 103 Å². The van der Waals surface area contributed by atoms with E-state index < -0.39 is 11.9 Å². The molecule has 3 N–H and O–H groups in total. The Morgan fingerprint density at radius 3 is 2.39 bits per heavy atom. The van der Waals surface area contributed by atoms with Gasteiger partial charge in [-0.25, -0.2) is 9.59 Å². The maximum atomic E-state index is 9.10. The summed E-state index contributed by atoms with van der Waals surface area (Å²) in [6.07, 6.45) is 4.33. The Bertz CT molecular complexity index is 723. The molecule has 1 heterocycles. The van der Waals surface area contributed by atoms with Crippen LogP contribution in [0.5, 0.6) is 5.75 Å². The molecule has 0 fully saturated rings. The van der Waals surface area contributed by atoms with Gasteiger partial charge in [-0.3, -0.25) is 0 Å². The van der Waals surface area contributed by atoms with Crippen molar-refractivity contribution < 1.29 is 24.5 Å². The highest BCUT2D eigenvalue weighted by molar-refractivity contribution is 6.27. The number of nitrogens with one attached hydrogen (secondary N) is 1. The smallest absolute Gasteiger partial charge is 0.414 e. The summed E-state index contributed by atoms with van der Waals surface area (Å²) in [5, 5.41) is 16.2. The first-order valence-corrected chi connectivity index (χ1v) is 7.13. The first-order chi connectivity index (χ1) is 10.8. The number of nitrogens with zero attached hydrogens (tertiary/aromatic N) is 1. The number of methoxy groups -OCH3 is 1. The molecule has 0 saturated carbocycles. The van der Waals surface area contributed by atoms with E-state index in [0.717, 1.165) is 18.6 Å². The molecule has 1 aromatic heterocycles. The number of carboxylic acids is 2. The Labute approximate surface area is 133 Å². The van der Waals surface area contributed by atoms with Gasteiger partial charge in [0.1, 0.15) is 5.75 Å². The maximum absolute atomic E-state index is 9.10. The highest BCUT2D eigenvalue weighted by Crippen LogP contribution is 2.36. The molecule has 1 aliphatic carbocycles. The van der Waals surface area contributed by atoms with Crippen molar-refractivity contribution in [3.8, 4) is 5.75 Å². The van der Waals surface area contributed by atoms with Crippen LogP contribution >= 0.6 is 0 Å². The molecule has 1 aliphatic rings. The standard InChI is InChI=1S/C14H18N2O.C2H2O4/c1-16(2)10-6-9-8-15-12-4-5-13(17-3)11(7-10)14(9)12;3-1(4)2(5)6/h4-5,8,10,15H,6-7H2,1-3H3;(H,3,4)(H,5,6). The fourth-order valence-corrected chi connectivity index (χ4v) is 2.83. The number of benzene rings is 1. The van der Waals surface area contributed by atoms with E-state index in [-0.39, 0.29) is 0 Å². The summed E-state index contributed by atoms with van der Waals surface area (Å²) in [4.78, 5) is 23.9. The summed E-state index contributed by atoms with van der Waals surface area (Å²) >= 11 is 0. The quantitative estimate of drug-likeness (QED) is 0.722. The molecule has 23 heavy (non-hydrogen) atoms. The van der Waals surface area contributed by atoms with E-state index in [1.165, 1.54) is 22.0 Å². The zero-order valence-corrected chi connectivity index (χ0v) is 13.3. The Morgan fingerprint density at radius 1 is 1.22 bits per heavy atom. The van der Waals surface area contributed by atoms with Gasteiger partial charge in [0, 0.05) is 28.7 Å². The Balaban J connectivity index is 0.000000277. The van der Waals surface area contributed by atoms with E-state index in [4.69, 9.17) is 24.5 Å². The number of carboxylic acid groups (broad SMARTS) is 2. The van der Waals surface area contributed by atoms with Gasteiger partial charge in [-0.05, 0) is 44.6 Å². The van der Waals surface area contributed by atoms with Crippen molar-refractivity contribution in [3.05, 3.63) is 29.5 Å². The average Bonchev–Trinajstić information content (AvgIpc) is 2.92. The van der Waals surface area contributed by atoms with Gasteiger partial charge in [0.15, 0.2) is 0 Å². The maximum Gasteiger partial charge on any atom is 0.414 e. The lowest BCUT2D eigenvalue weighted by atomic mass is 9.88. The summed E-state index contributed by atoms with van der Waals surface area (Å²) in [6, 6.07) is 4.74. The number of rotatable bonds is 2. The molecular weight excluding hydrogens is 300 g/mol. The second kappa shape index (κ2) is 6.70. The zero-order chi connectivity index (χ0) is 17.1. The third-order valence-electron chi connectivity index (χ3n) is 4.02. The molecule has 1 atom stereocenters. The van der Waals surface area contributed by atoms with Gasteiger partial charge in [-0.1, -0.05) is 0 Å². The van der Waals surface area contributed by atoms with E-state index >= 15 is 0 Å². The van der Waals surface area contributed by atoms with Gasteiger partial charge in [-0.15, -0.1) is 0 Å². The highest BCUT2D eigenvalue weighted by atomic mass is 16.5. The van der Waals surface area contributed by atoms with Crippen LogP contribution in [0.3, 0.4) is 0 Å². The normalized spacial score (nSPS) is 15.9. The molecule has 7 heteroatoms. The van der Waals surface area contributed by atoms with Crippen LogP contribution in [0.25, 0.3) is 10.9 Å². The summed E-state index contributed by atoms with van der Waals surface area (Å²) in [6.45, 7) is 0. The SMILES string of the molecule is COc1ccc2[nH]cc3c2c1CC(N(C)C)C3.O=C(O)C(=O)O. The molecular formula is C16H20N2O5. The van der Waals surface area contributed by atoms with Crippen molar-refractivity contribution in [2.24, 2.45) is 0 Å². The minimum Gasteiger partial charge on any atom is -0.496 e. The van der Waals surface area contributed by atoms with Gasteiger partial charge in [0.05, 0.1) is 7.11 Å². The Morgan fingerprint density at radius 2 is 1.87 bits per heavy atom. The van der Waals surface area contributed by atoms with Crippen molar-refractivity contribution in [2.45, 2.75) is 18.9 Å². The third-order valence-corrected chi connectivity index (χ3v) is 4.02. The van der Waals surface area contributed by atoms with Gasteiger partial charge in [0.25, 0.3) is 0 Å². The summed E-state index contributed by atoms with van der Waals surface area (Å²) in [5.74, 6) is -2.63. The van der Waals surface area contributed by atoms with Crippen molar-refractivity contribution >= 4 is 22.8 Å².